The highest BCUT2D eigenvalue weighted by Crippen LogP contribution is 2.31. The normalized spacial score (nSPS) is 16.5. The van der Waals surface area contributed by atoms with Crippen LogP contribution in [-0.4, -0.2) is 42.8 Å². The molecule has 3 N–H and O–H groups in total. The lowest BCUT2D eigenvalue weighted by atomic mass is 9.89. The Balaban J connectivity index is 1.46. The minimum absolute atomic E-state index is 0.0150. The lowest BCUT2D eigenvalue weighted by Crippen LogP contribution is -2.48. The van der Waals surface area contributed by atoms with E-state index in [1.54, 1.807) is 0 Å². The number of ether oxygens (including phenoxy) is 1. The van der Waals surface area contributed by atoms with Crippen molar-refractivity contribution in [1.82, 2.24) is 4.90 Å². The largest absolute Gasteiger partial charge is 0.400 e. The highest BCUT2D eigenvalue weighted by molar-refractivity contribution is 6.12. The molecule has 1 aliphatic carbocycles. The molecule has 6 nitrogen and oxygen atoms in total. The van der Waals surface area contributed by atoms with Gasteiger partial charge < -0.3 is 15.4 Å². The average Bonchev–Trinajstić information content (AvgIpc) is 3.62. The number of aryl methyl sites for hydroxylation is 2. The van der Waals surface area contributed by atoms with Crippen LogP contribution in [0, 0.1) is 36.5 Å². The summed E-state index contributed by atoms with van der Waals surface area (Å²) < 4.78 is 5.69. The Hall–Kier alpha value is -3.43. The maximum Gasteiger partial charge on any atom is 0.254 e. The van der Waals surface area contributed by atoms with Gasteiger partial charge in [-0.1, -0.05) is 18.2 Å². The van der Waals surface area contributed by atoms with Crippen molar-refractivity contribution >= 4 is 11.6 Å². The third-order valence-electron chi connectivity index (χ3n) is 6.92. The Morgan fingerprint density at radius 3 is 2.41 bits per heavy atom. The topological polar surface area (TPSA) is 103 Å². The molecule has 1 heterocycles. The summed E-state index contributed by atoms with van der Waals surface area (Å²) in [5.41, 5.74) is 12.8. The van der Waals surface area contributed by atoms with Crippen molar-refractivity contribution in [1.29, 1.82) is 10.7 Å². The number of allylic oxidation sites excluding steroid dienone is 1. The van der Waals surface area contributed by atoms with E-state index in [9.17, 15) is 4.79 Å². The zero-order valence-electron chi connectivity index (χ0n) is 20.1. The Morgan fingerprint density at radius 1 is 1.15 bits per heavy atom. The SMILES string of the molecule is CC(C(=N)c1cc(C(=O)N2CC(c3ccc(C#N)cc3)C2)c(C)cc1C)=C(N)COCC1CC1. The molecular formula is C28H32N4O2. The number of benzene rings is 2. The molecule has 2 aliphatic rings. The van der Waals surface area contributed by atoms with Crippen LogP contribution in [0.4, 0.5) is 0 Å². The molecule has 0 radical (unpaired) electrons. The number of carbonyl (C=O) groups excluding carboxylic acids is 1. The predicted molar refractivity (Wildman–Crippen MR) is 133 cm³/mol. The fourth-order valence-electron chi connectivity index (χ4n) is 4.30. The molecule has 0 bridgehead atoms. The summed E-state index contributed by atoms with van der Waals surface area (Å²) >= 11 is 0. The number of nitrogens with zero attached hydrogens (tertiary/aromatic N) is 2. The molecule has 1 saturated heterocycles. The molecule has 2 aromatic carbocycles. The Kier molecular flexibility index (Phi) is 6.85. The van der Waals surface area contributed by atoms with E-state index in [0.29, 0.717) is 53.7 Å². The van der Waals surface area contributed by atoms with Crippen molar-refractivity contribution in [2.24, 2.45) is 11.7 Å². The third-order valence-corrected chi connectivity index (χ3v) is 6.92. The first-order valence-corrected chi connectivity index (χ1v) is 11.8. The third kappa shape index (κ3) is 5.05. The van der Waals surface area contributed by atoms with Gasteiger partial charge in [0.1, 0.15) is 0 Å². The zero-order valence-corrected chi connectivity index (χ0v) is 20.1. The van der Waals surface area contributed by atoms with Crippen LogP contribution in [0.25, 0.3) is 0 Å². The molecule has 2 fully saturated rings. The summed E-state index contributed by atoms with van der Waals surface area (Å²) in [5.74, 6) is 0.929. The minimum Gasteiger partial charge on any atom is -0.400 e. The molecule has 1 saturated carbocycles. The number of nitrogens with one attached hydrogen (secondary N) is 1. The molecule has 1 amide bonds. The molecule has 0 unspecified atom stereocenters. The van der Waals surface area contributed by atoms with E-state index in [4.69, 9.17) is 21.1 Å². The maximum atomic E-state index is 13.3. The van der Waals surface area contributed by atoms with Crippen LogP contribution >= 0.6 is 0 Å². The number of hydrogen-bond donors (Lipinski definition) is 2. The summed E-state index contributed by atoms with van der Waals surface area (Å²) in [7, 11) is 0. The first-order chi connectivity index (χ1) is 16.3. The molecule has 0 spiro atoms. The van der Waals surface area contributed by atoms with Gasteiger partial charge in [-0.25, -0.2) is 0 Å². The molecule has 1 aliphatic heterocycles. The molecule has 2 aromatic rings. The van der Waals surface area contributed by atoms with Crippen LogP contribution in [-0.2, 0) is 4.74 Å². The van der Waals surface area contributed by atoms with E-state index in [1.807, 2.05) is 62.1 Å². The first kappa shape index (κ1) is 23.7. The van der Waals surface area contributed by atoms with Gasteiger partial charge in [-0.15, -0.1) is 0 Å². The number of hydrogen-bond acceptors (Lipinski definition) is 5. The van der Waals surface area contributed by atoms with Crippen LogP contribution < -0.4 is 5.73 Å². The monoisotopic (exact) mass is 456 g/mol. The van der Waals surface area contributed by atoms with Gasteiger partial charge in [-0.3, -0.25) is 10.2 Å². The van der Waals surface area contributed by atoms with Crippen LogP contribution in [0.15, 0.2) is 47.7 Å². The highest BCUT2D eigenvalue weighted by Gasteiger charge is 2.33. The van der Waals surface area contributed by atoms with E-state index >= 15 is 0 Å². The van der Waals surface area contributed by atoms with Gasteiger partial charge in [0.2, 0.25) is 0 Å². The Labute approximate surface area is 201 Å². The average molecular weight is 457 g/mol. The summed E-state index contributed by atoms with van der Waals surface area (Å²) in [5, 5.41) is 17.7. The quantitative estimate of drug-likeness (QED) is 0.573. The molecule has 4 rings (SSSR count). The molecular weight excluding hydrogens is 424 g/mol. The first-order valence-electron chi connectivity index (χ1n) is 11.8. The van der Waals surface area contributed by atoms with Gasteiger partial charge in [0.15, 0.2) is 0 Å². The summed E-state index contributed by atoms with van der Waals surface area (Å²) in [6, 6.07) is 13.5. The zero-order chi connectivity index (χ0) is 24.4. The van der Waals surface area contributed by atoms with Crippen LogP contribution in [0.1, 0.15) is 63.9 Å². The van der Waals surface area contributed by atoms with Gasteiger partial charge in [-0.05, 0) is 80.0 Å². The standard InChI is InChI=1S/C28H32N4O2/c1-17-10-18(2)25(11-24(17)27(31)19(3)26(30)16-34-15-21-4-5-21)28(33)32-13-23(14-32)22-8-6-20(12-29)7-9-22/h6-11,21,23,31H,4-5,13-16,30H2,1-3H3. The number of rotatable bonds is 8. The summed E-state index contributed by atoms with van der Waals surface area (Å²) in [4.78, 5) is 15.1. The second kappa shape index (κ2) is 9.82. The van der Waals surface area contributed by atoms with Crippen LogP contribution in [0.2, 0.25) is 0 Å². The Bertz CT molecular complexity index is 1180. The van der Waals surface area contributed by atoms with Gasteiger partial charge >= 0.3 is 0 Å². The molecule has 6 heteroatoms. The second-order valence-corrected chi connectivity index (χ2v) is 9.61. The fraction of sp³-hybridized carbons (Fsp3) is 0.393. The molecule has 0 aromatic heterocycles. The number of carbonyl (C=O) groups is 1. The van der Waals surface area contributed by atoms with Gasteiger partial charge in [0.05, 0.1) is 24.0 Å². The number of nitriles is 1. The number of amides is 1. The minimum atomic E-state index is -0.0150. The highest BCUT2D eigenvalue weighted by atomic mass is 16.5. The Morgan fingerprint density at radius 2 is 1.79 bits per heavy atom. The van der Waals surface area contributed by atoms with E-state index in [-0.39, 0.29) is 11.8 Å². The van der Waals surface area contributed by atoms with Crippen molar-refractivity contribution in [2.45, 2.75) is 39.5 Å². The van der Waals surface area contributed by atoms with Gasteiger partial charge in [0.25, 0.3) is 5.91 Å². The molecule has 0 atom stereocenters. The smallest absolute Gasteiger partial charge is 0.254 e. The van der Waals surface area contributed by atoms with Crippen molar-refractivity contribution < 1.29 is 9.53 Å². The van der Waals surface area contributed by atoms with Crippen molar-refractivity contribution in [3.8, 4) is 6.07 Å². The second-order valence-electron chi connectivity index (χ2n) is 9.61. The van der Waals surface area contributed by atoms with Crippen LogP contribution in [0.5, 0.6) is 0 Å². The predicted octanol–water partition coefficient (Wildman–Crippen LogP) is 4.44. The summed E-state index contributed by atoms with van der Waals surface area (Å²) in [6.07, 6.45) is 2.45. The van der Waals surface area contributed by atoms with Crippen molar-refractivity contribution in [3.63, 3.8) is 0 Å². The number of nitrogens with two attached hydrogens (primary N) is 1. The lowest BCUT2D eigenvalue weighted by Gasteiger charge is -2.40. The molecule has 34 heavy (non-hydrogen) atoms. The van der Waals surface area contributed by atoms with E-state index in [1.165, 1.54) is 12.8 Å². The van der Waals surface area contributed by atoms with E-state index < -0.39 is 0 Å². The van der Waals surface area contributed by atoms with Gasteiger partial charge in [-0.2, -0.15) is 5.26 Å². The van der Waals surface area contributed by atoms with Crippen molar-refractivity contribution in [2.75, 3.05) is 26.3 Å². The van der Waals surface area contributed by atoms with E-state index in [2.05, 4.69) is 6.07 Å². The maximum absolute atomic E-state index is 13.3. The summed E-state index contributed by atoms with van der Waals surface area (Å²) in [6.45, 7) is 8.09. The van der Waals surface area contributed by atoms with E-state index in [0.717, 1.165) is 28.9 Å². The molecule has 176 valence electrons. The number of likely N-dealkylation sites (tertiary alicyclic amines) is 1. The van der Waals surface area contributed by atoms with Crippen molar-refractivity contribution in [3.05, 3.63) is 81.0 Å². The van der Waals surface area contributed by atoms with Crippen LogP contribution in [0.3, 0.4) is 0 Å². The van der Waals surface area contributed by atoms with Gasteiger partial charge in [0, 0.05) is 42.4 Å². The lowest BCUT2D eigenvalue weighted by molar-refractivity contribution is 0.0601. The fourth-order valence-corrected chi connectivity index (χ4v) is 4.30.